The molecule has 0 fully saturated rings. The second kappa shape index (κ2) is 4.64. The first-order valence-corrected chi connectivity index (χ1v) is 5.09. The van der Waals surface area contributed by atoms with Crippen LogP contribution in [0.2, 0.25) is 0 Å². The van der Waals surface area contributed by atoms with Crippen LogP contribution in [0, 0.1) is 0 Å². The monoisotopic (exact) mass is 202 g/mol. The van der Waals surface area contributed by atoms with E-state index in [1.807, 2.05) is 6.07 Å². The Morgan fingerprint density at radius 1 is 1.33 bits per heavy atom. The number of hydrogen-bond donors (Lipinski definition) is 1. The van der Waals surface area contributed by atoms with Gasteiger partial charge in [-0.3, -0.25) is 0 Å². The van der Waals surface area contributed by atoms with E-state index < -0.39 is 0 Å². The van der Waals surface area contributed by atoms with E-state index in [1.54, 1.807) is 6.20 Å². The number of nitrogens with one attached hydrogen (secondary N) is 1. The maximum absolute atomic E-state index is 5.16. The van der Waals surface area contributed by atoms with Gasteiger partial charge in [-0.15, -0.1) is 0 Å². The lowest BCUT2D eigenvalue weighted by molar-refractivity contribution is 0.511. The zero-order valence-electron chi connectivity index (χ0n) is 8.73. The number of rotatable bonds is 4. The number of oxazole rings is 1. The SMILES string of the molecule is CCc1ccccc1NCc1cnco1. The summed E-state index contributed by atoms with van der Waals surface area (Å²) in [6.07, 6.45) is 4.20. The molecule has 0 amide bonds. The Labute approximate surface area is 89.1 Å². The standard InChI is InChI=1S/C12H14N2O/c1-2-10-5-3-4-6-12(10)14-8-11-7-13-9-15-11/h3-7,9,14H,2,8H2,1H3. The Hall–Kier alpha value is -1.77. The van der Waals surface area contributed by atoms with Gasteiger partial charge in [0.15, 0.2) is 6.39 Å². The van der Waals surface area contributed by atoms with Gasteiger partial charge in [0.2, 0.25) is 0 Å². The van der Waals surface area contributed by atoms with E-state index in [4.69, 9.17) is 4.42 Å². The number of para-hydroxylation sites is 1. The van der Waals surface area contributed by atoms with E-state index in [0.29, 0.717) is 6.54 Å². The molecule has 0 saturated heterocycles. The van der Waals surface area contributed by atoms with Crippen LogP contribution >= 0.6 is 0 Å². The van der Waals surface area contributed by atoms with Crippen molar-refractivity contribution in [3.05, 3.63) is 48.2 Å². The van der Waals surface area contributed by atoms with Crippen molar-refractivity contribution in [2.75, 3.05) is 5.32 Å². The molecule has 0 saturated carbocycles. The molecule has 3 heteroatoms. The van der Waals surface area contributed by atoms with Crippen LogP contribution in [0.25, 0.3) is 0 Å². The Balaban J connectivity index is 2.04. The molecule has 15 heavy (non-hydrogen) atoms. The molecule has 0 aliphatic rings. The van der Waals surface area contributed by atoms with Crippen molar-refractivity contribution in [1.82, 2.24) is 4.98 Å². The lowest BCUT2D eigenvalue weighted by atomic mass is 10.1. The van der Waals surface area contributed by atoms with E-state index in [2.05, 4.69) is 35.4 Å². The van der Waals surface area contributed by atoms with Gasteiger partial charge in [-0.1, -0.05) is 25.1 Å². The first-order chi connectivity index (χ1) is 7.40. The number of anilines is 1. The summed E-state index contributed by atoms with van der Waals surface area (Å²) in [5.74, 6) is 0.848. The molecule has 3 nitrogen and oxygen atoms in total. The summed E-state index contributed by atoms with van der Waals surface area (Å²) in [6, 6.07) is 8.29. The number of aromatic nitrogens is 1. The fraction of sp³-hybridized carbons (Fsp3) is 0.250. The van der Waals surface area contributed by atoms with E-state index in [1.165, 1.54) is 12.0 Å². The first kappa shape index (κ1) is 9.77. The molecule has 1 N–H and O–H groups in total. The van der Waals surface area contributed by atoms with Gasteiger partial charge in [0.05, 0.1) is 12.7 Å². The molecule has 0 atom stereocenters. The quantitative estimate of drug-likeness (QED) is 0.828. The van der Waals surface area contributed by atoms with Crippen molar-refractivity contribution in [3.63, 3.8) is 0 Å². The minimum atomic E-state index is 0.678. The summed E-state index contributed by atoms with van der Waals surface area (Å²) >= 11 is 0. The molecule has 0 bridgehead atoms. The Morgan fingerprint density at radius 3 is 2.93 bits per heavy atom. The second-order valence-electron chi connectivity index (χ2n) is 3.33. The van der Waals surface area contributed by atoms with E-state index >= 15 is 0 Å². The first-order valence-electron chi connectivity index (χ1n) is 5.09. The van der Waals surface area contributed by atoms with Crippen LogP contribution in [-0.2, 0) is 13.0 Å². The number of aryl methyl sites for hydroxylation is 1. The minimum Gasteiger partial charge on any atom is -0.447 e. The molecular formula is C12H14N2O. The van der Waals surface area contributed by atoms with Crippen LogP contribution in [0.4, 0.5) is 5.69 Å². The molecule has 0 unspecified atom stereocenters. The van der Waals surface area contributed by atoms with Crippen molar-refractivity contribution in [2.24, 2.45) is 0 Å². The predicted octanol–water partition coefficient (Wildman–Crippen LogP) is 2.85. The van der Waals surface area contributed by atoms with Gasteiger partial charge >= 0.3 is 0 Å². The molecule has 2 rings (SSSR count). The minimum absolute atomic E-state index is 0.678. The predicted molar refractivity (Wildman–Crippen MR) is 59.6 cm³/mol. The second-order valence-corrected chi connectivity index (χ2v) is 3.33. The van der Waals surface area contributed by atoms with Crippen LogP contribution in [-0.4, -0.2) is 4.98 Å². The third-order valence-electron chi connectivity index (χ3n) is 2.33. The Kier molecular flexibility index (Phi) is 3.02. The summed E-state index contributed by atoms with van der Waals surface area (Å²) in [5, 5.41) is 3.33. The Morgan fingerprint density at radius 2 is 2.20 bits per heavy atom. The normalized spacial score (nSPS) is 10.2. The smallest absolute Gasteiger partial charge is 0.180 e. The van der Waals surface area contributed by atoms with Crippen LogP contribution in [0.15, 0.2) is 41.3 Å². The van der Waals surface area contributed by atoms with Gasteiger partial charge in [-0.2, -0.15) is 0 Å². The van der Waals surface area contributed by atoms with Gasteiger partial charge in [-0.05, 0) is 18.1 Å². The van der Waals surface area contributed by atoms with Gasteiger partial charge in [0.1, 0.15) is 5.76 Å². The van der Waals surface area contributed by atoms with E-state index in [0.717, 1.165) is 17.9 Å². The van der Waals surface area contributed by atoms with E-state index in [-0.39, 0.29) is 0 Å². The fourth-order valence-electron chi connectivity index (χ4n) is 1.51. The summed E-state index contributed by atoms with van der Waals surface area (Å²) in [6.45, 7) is 2.83. The van der Waals surface area contributed by atoms with Crippen molar-refractivity contribution >= 4 is 5.69 Å². The third-order valence-corrected chi connectivity index (χ3v) is 2.33. The summed E-state index contributed by atoms with van der Waals surface area (Å²) in [7, 11) is 0. The zero-order chi connectivity index (χ0) is 10.5. The van der Waals surface area contributed by atoms with Crippen molar-refractivity contribution < 1.29 is 4.42 Å². The Bertz CT molecular complexity index is 409. The van der Waals surface area contributed by atoms with Crippen molar-refractivity contribution in [3.8, 4) is 0 Å². The van der Waals surface area contributed by atoms with Gasteiger partial charge < -0.3 is 9.73 Å². The van der Waals surface area contributed by atoms with Gasteiger partial charge in [-0.25, -0.2) is 4.98 Å². The van der Waals surface area contributed by atoms with E-state index in [9.17, 15) is 0 Å². The lowest BCUT2D eigenvalue weighted by Crippen LogP contribution is -2.00. The third kappa shape index (κ3) is 2.37. The lowest BCUT2D eigenvalue weighted by Gasteiger charge is -2.08. The average Bonchev–Trinajstić information content (AvgIpc) is 2.79. The highest BCUT2D eigenvalue weighted by atomic mass is 16.3. The topological polar surface area (TPSA) is 38.1 Å². The van der Waals surface area contributed by atoms with Crippen molar-refractivity contribution in [2.45, 2.75) is 19.9 Å². The van der Waals surface area contributed by atoms with Crippen LogP contribution in [0.1, 0.15) is 18.2 Å². The van der Waals surface area contributed by atoms with Crippen LogP contribution in [0.3, 0.4) is 0 Å². The largest absolute Gasteiger partial charge is 0.447 e. The molecule has 0 aliphatic carbocycles. The average molecular weight is 202 g/mol. The highest BCUT2D eigenvalue weighted by molar-refractivity contribution is 5.51. The maximum atomic E-state index is 5.16. The summed E-state index contributed by atoms with van der Waals surface area (Å²) < 4.78 is 5.16. The van der Waals surface area contributed by atoms with Crippen molar-refractivity contribution in [1.29, 1.82) is 0 Å². The van der Waals surface area contributed by atoms with Gasteiger partial charge in [0, 0.05) is 5.69 Å². The molecule has 2 aromatic rings. The fourth-order valence-corrected chi connectivity index (χ4v) is 1.51. The zero-order valence-corrected chi connectivity index (χ0v) is 8.73. The highest BCUT2D eigenvalue weighted by Crippen LogP contribution is 2.16. The molecule has 0 aliphatic heterocycles. The van der Waals surface area contributed by atoms with Gasteiger partial charge in [0.25, 0.3) is 0 Å². The molecule has 0 spiro atoms. The molecule has 1 aromatic carbocycles. The molecular weight excluding hydrogens is 188 g/mol. The maximum Gasteiger partial charge on any atom is 0.180 e. The molecule has 1 heterocycles. The van der Waals surface area contributed by atoms with Crippen LogP contribution in [0.5, 0.6) is 0 Å². The number of hydrogen-bond acceptors (Lipinski definition) is 3. The molecule has 0 radical (unpaired) electrons. The number of benzene rings is 1. The summed E-state index contributed by atoms with van der Waals surface area (Å²) in [5.41, 5.74) is 2.48. The summed E-state index contributed by atoms with van der Waals surface area (Å²) in [4.78, 5) is 3.87. The van der Waals surface area contributed by atoms with Crippen LogP contribution < -0.4 is 5.32 Å². The highest BCUT2D eigenvalue weighted by Gasteiger charge is 2.00. The molecule has 1 aromatic heterocycles. The molecule has 78 valence electrons. The number of nitrogens with zero attached hydrogens (tertiary/aromatic N) is 1.